The number of anilines is 1. The van der Waals surface area contributed by atoms with Crippen molar-refractivity contribution in [3.05, 3.63) is 54.1 Å². The standard InChI is InChI=1S/C20H26N2O5S/c1-5-26-19-9-7-6-8-16(19)14-21-20(23)15(2)27-18-12-10-17(11-13-18)22(3)28(4,24)25/h6-13,15H,5,14H2,1-4H3,(H,21,23). The Morgan fingerprint density at radius 1 is 1.14 bits per heavy atom. The van der Waals surface area contributed by atoms with Gasteiger partial charge in [-0.05, 0) is 44.2 Å². The van der Waals surface area contributed by atoms with E-state index in [0.29, 0.717) is 24.6 Å². The van der Waals surface area contributed by atoms with Crippen LogP contribution in [0.15, 0.2) is 48.5 Å². The highest BCUT2D eigenvalue weighted by Gasteiger charge is 2.16. The van der Waals surface area contributed by atoms with Crippen molar-refractivity contribution in [1.82, 2.24) is 5.32 Å². The number of amides is 1. The van der Waals surface area contributed by atoms with Gasteiger partial charge in [-0.1, -0.05) is 18.2 Å². The predicted octanol–water partition coefficient (Wildman–Crippen LogP) is 2.56. The third-order valence-corrected chi connectivity index (χ3v) is 5.31. The van der Waals surface area contributed by atoms with Gasteiger partial charge in [0.1, 0.15) is 11.5 Å². The second kappa shape index (κ2) is 9.45. The maximum Gasteiger partial charge on any atom is 0.261 e. The molecule has 0 heterocycles. The van der Waals surface area contributed by atoms with Gasteiger partial charge in [-0.15, -0.1) is 0 Å². The summed E-state index contributed by atoms with van der Waals surface area (Å²) in [6, 6.07) is 14.0. The molecule has 1 N–H and O–H groups in total. The quantitative estimate of drug-likeness (QED) is 0.692. The molecule has 1 unspecified atom stereocenters. The number of hydrogen-bond acceptors (Lipinski definition) is 5. The van der Waals surface area contributed by atoms with Crippen LogP contribution in [-0.4, -0.2) is 40.3 Å². The molecule has 152 valence electrons. The van der Waals surface area contributed by atoms with E-state index in [1.807, 2.05) is 31.2 Å². The summed E-state index contributed by atoms with van der Waals surface area (Å²) in [5.74, 6) is 0.955. The summed E-state index contributed by atoms with van der Waals surface area (Å²) in [5, 5.41) is 2.84. The Hall–Kier alpha value is -2.74. The molecule has 0 saturated heterocycles. The largest absolute Gasteiger partial charge is 0.494 e. The van der Waals surface area contributed by atoms with Gasteiger partial charge >= 0.3 is 0 Å². The molecule has 28 heavy (non-hydrogen) atoms. The molecule has 0 fully saturated rings. The molecule has 1 atom stereocenters. The van der Waals surface area contributed by atoms with E-state index in [-0.39, 0.29) is 5.91 Å². The van der Waals surface area contributed by atoms with Crippen molar-refractivity contribution < 1.29 is 22.7 Å². The van der Waals surface area contributed by atoms with Crippen LogP contribution >= 0.6 is 0 Å². The highest BCUT2D eigenvalue weighted by Crippen LogP contribution is 2.21. The number of para-hydroxylation sites is 1. The average Bonchev–Trinajstić information content (AvgIpc) is 2.66. The van der Waals surface area contributed by atoms with Crippen LogP contribution in [0.3, 0.4) is 0 Å². The second-order valence-electron chi connectivity index (χ2n) is 6.24. The molecule has 1 amide bonds. The van der Waals surface area contributed by atoms with Crippen LogP contribution in [0, 0.1) is 0 Å². The van der Waals surface area contributed by atoms with Crippen molar-refractivity contribution in [3.8, 4) is 11.5 Å². The van der Waals surface area contributed by atoms with Crippen LogP contribution in [0.2, 0.25) is 0 Å². The number of sulfonamides is 1. The molecule has 0 spiro atoms. The smallest absolute Gasteiger partial charge is 0.261 e. The molecule has 7 nitrogen and oxygen atoms in total. The lowest BCUT2D eigenvalue weighted by atomic mass is 10.2. The van der Waals surface area contributed by atoms with Gasteiger partial charge in [0, 0.05) is 19.2 Å². The Morgan fingerprint density at radius 2 is 1.79 bits per heavy atom. The van der Waals surface area contributed by atoms with Crippen molar-refractivity contribution in [1.29, 1.82) is 0 Å². The van der Waals surface area contributed by atoms with Gasteiger partial charge in [-0.2, -0.15) is 0 Å². The van der Waals surface area contributed by atoms with Gasteiger partial charge in [-0.25, -0.2) is 8.42 Å². The highest BCUT2D eigenvalue weighted by atomic mass is 32.2. The summed E-state index contributed by atoms with van der Waals surface area (Å²) in [7, 11) is -1.85. The molecule has 0 bridgehead atoms. The first-order valence-corrected chi connectivity index (χ1v) is 10.8. The monoisotopic (exact) mass is 406 g/mol. The van der Waals surface area contributed by atoms with E-state index < -0.39 is 16.1 Å². The average molecular weight is 407 g/mol. The van der Waals surface area contributed by atoms with Crippen molar-refractivity contribution in [2.75, 3.05) is 24.2 Å². The first-order valence-electron chi connectivity index (χ1n) is 8.91. The van der Waals surface area contributed by atoms with E-state index in [1.165, 1.54) is 11.4 Å². The Morgan fingerprint density at radius 3 is 2.39 bits per heavy atom. The van der Waals surface area contributed by atoms with Gasteiger partial charge < -0.3 is 14.8 Å². The first-order chi connectivity index (χ1) is 13.2. The number of benzene rings is 2. The third-order valence-electron chi connectivity index (χ3n) is 4.11. The van der Waals surface area contributed by atoms with Crippen molar-refractivity contribution >= 4 is 21.6 Å². The summed E-state index contributed by atoms with van der Waals surface area (Å²) >= 11 is 0. The topological polar surface area (TPSA) is 84.9 Å². The molecular weight excluding hydrogens is 380 g/mol. The zero-order chi connectivity index (χ0) is 20.7. The first kappa shape index (κ1) is 21.6. The molecule has 0 saturated carbocycles. The molecule has 0 aromatic heterocycles. The van der Waals surface area contributed by atoms with Gasteiger partial charge in [-0.3, -0.25) is 9.10 Å². The third kappa shape index (κ3) is 5.88. The second-order valence-corrected chi connectivity index (χ2v) is 8.26. The maximum atomic E-state index is 12.3. The number of nitrogens with zero attached hydrogens (tertiary/aromatic N) is 1. The maximum absolute atomic E-state index is 12.3. The molecule has 2 aromatic carbocycles. The number of carbonyl (C=O) groups is 1. The van der Waals surface area contributed by atoms with E-state index >= 15 is 0 Å². The summed E-state index contributed by atoms with van der Waals surface area (Å²) in [6.45, 7) is 4.44. The zero-order valence-electron chi connectivity index (χ0n) is 16.5. The number of carbonyl (C=O) groups excluding carboxylic acids is 1. The van der Waals surface area contributed by atoms with E-state index in [0.717, 1.165) is 17.6 Å². The lowest BCUT2D eigenvalue weighted by molar-refractivity contribution is -0.127. The number of ether oxygens (including phenoxy) is 2. The molecule has 0 radical (unpaired) electrons. The SMILES string of the molecule is CCOc1ccccc1CNC(=O)C(C)Oc1ccc(N(C)S(C)(=O)=O)cc1. The van der Waals surface area contributed by atoms with Gasteiger partial charge in [0.15, 0.2) is 6.10 Å². The Bertz CT molecular complexity index is 897. The van der Waals surface area contributed by atoms with Gasteiger partial charge in [0.2, 0.25) is 10.0 Å². The fraction of sp³-hybridized carbons (Fsp3) is 0.350. The van der Waals surface area contributed by atoms with Gasteiger partial charge in [0.25, 0.3) is 5.91 Å². The molecule has 2 rings (SSSR count). The van der Waals surface area contributed by atoms with Crippen LogP contribution in [-0.2, 0) is 21.4 Å². The minimum absolute atomic E-state index is 0.261. The molecule has 2 aromatic rings. The molecule has 8 heteroatoms. The Labute approximate surface area is 166 Å². The van der Waals surface area contributed by atoms with Crippen LogP contribution in [0.5, 0.6) is 11.5 Å². The fourth-order valence-corrected chi connectivity index (χ4v) is 2.96. The van der Waals surface area contributed by atoms with Crippen molar-refractivity contribution in [3.63, 3.8) is 0 Å². The van der Waals surface area contributed by atoms with Gasteiger partial charge in [0.05, 0.1) is 18.6 Å². The van der Waals surface area contributed by atoms with Crippen LogP contribution in [0.1, 0.15) is 19.4 Å². The van der Waals surface area contributed by atoms with Crippen molar-refractivity contribution in [2.24, 2.45) is 0 Å². The lowest BCUT2D eigenvalue weighted by Crippen LogP contribution is -2.36. The van der Waals surface area contributed by atoms with Crippen LogP contribution in [0.4, 0.5) is 5.69 Å². The fourth-order valence-electron chi connectivity index (χ4n) is 2.46. The summed E-state index contributed by atoms with van der Waals surface area (Å²) in [5.41, 5.74) is 1.40. The lowest BCUT2D eigenvalue weighted by Gasteiger charge is -2.18. The zero-order valence-corrected chi connectivity index (χ0v) is 17.3. The van der Waals surface area contributed by atoms with E-state index in [4.69, 9.17) is 9.47 Å². The summed E-state index contributed by atoms with van der Waals surface area (Å²) in [4.78, 5) is 12.3. The minimum atomic E-state index is -3.33. The molecule has 0 aliphatic rings. The Balaban J connectivity index is 1.94. The number of nitrogens with one attached hydrogen (secondary N) is 1. The minimum Gasteiger partial charge on any atom is -0.494 e. The molecular formula is C20H26N2O5S. The van der Waals surface area contributed by atoms with E-state index in [9.17, 15) is 13.2 Å². The number of hydrogen-bond donors (Lipinski definition) is 1. The summed E-state index contributed by atoms with van der Waals surface area (Å²) in [6.07, 6.45) is 0.422. The predicted molar refractivity (Wildman–Crippen MR) is 109 cm³/mol. The normalized spacial score (nSPS) is 12.1. The molecule has 0 aliphatic carbocycles. The van der Waals surface area contributed by atoms with Crippen molar-refractivity contribution in [2.45, 2.75) is 26.5 Å². The highest BCUT2D eigenvalue weighted by molar-refractivity contribution is 7.92. The van der Waals surface area contributed by atoms with Crippen LogP contribution in [0.25, 0.3) is 0 Å². The van der Waals surface area contributed by atoms with E-state index in [2.05, 4.69) is 5.32 Å². The summed E-state index contributed by atoms with van der Waals surface area (Å²) < 4.78 is 35.5. The number of rotatable bonds is 9. The Kier molecular flexibility index (Phi) is 7.28. The van der Waals surface area contributed by atoms with Crippen LogP contribution < -0.4 is 19.1 Å². The molecule has 0 aliphatic heterocycles. The van der Waals surface area contributed by atoms with E-state index in [1.54, 1.807) is 31.2 Å².